The summed E-state index contributed by atoms with van der Waals surface area (Å²) in [5, 5.41) is 0. The number of esters is 3. The van der Waals surface area contributed by atoms with E-state index in [2.05, 4.69) is 118 Å². The maximum absolute atomic E-state index is 12.8. The van der Waals surface area contributed by atoms with E-state index in [9.17, 15) is 14.4 Å². The maximum Gasteiger partial charge on any atom is 0.306 e. The minimum absolute atomic E-state index is 0.0927. The van der Waals surface area contributed by atoms with E-state index in [0.717, 1.165) is 122 Å². The molecule has 0 aromatic rings. The molecular weight excluding hydrogens is 841 g/mol. The van der Waals surface area contributed by atoms with Gasteiger partial charge in [0.05, 0.1) is 0 Å². The fourth-order valence-electron chi connectivity index (χ4n) is 7.62. The van der Waals surface area contributed by atoms with Crippen molar-refractivity contribution in [3.63, 3.8) is 0 Å². The van der Waals surface area contributed by atoms with Crippen LogP contribution in [0.3, 0.4) is 0 Å². The Labute approximate surface area is 419 Å². The highest BCUT2D eigenvalue weighted by Crippen LogP contribution is 2.15. The summed E-state index contributed by atoms with van der Waals surface area (Å²) in [4.78, 5) is 38.1. The van der Waals surface area contributed by atoms with E-state index in [1.54, 1.807) is 0 Å². The van der Waals surface area contributed by atoms with Crippen molar-refractivity contribution in [2.24, 2.45) is 0 Å². The number of carbonyl (C=O) groups is 3. The number of rotatable bonds is 50. The van der Waals surface area contributed by atoms with E-state index >= 15 is 0 Å². The summed E-state index contributed by atoms with van der Waals surface area (Å²) >= 11 is 0. The number of hydrogen-bond acceptors (Lipinski definition) is 6. The predicted molar refractivity (Wildman–Crippen MR) is 293 cm³/mol. The molecule has 0 radical (unpaired) electrons. The Kier molecular flexibility index (Phi) is 52.9. The van der Waals surface area contributed by atoms with Gasteiger partial charge < -0.3 is 14.2 Å². The van der Waals surface area contributed by atoms with Gasteiger partial charge in [0, 0.05) is 19.3 Å². The van der Waals surface area contributed by atoms with Crippen molar-refractivity contribution >= 4 is 17.9 Å². The first-order valence-corrected chi connectivity index (χ1v) is 28.2. The SMILES string of the molecule is CC/C=C\C/C=C\C/C=C\C/C=C\CCCCCCCCCCCCC(=O)OCC(COC(=O)CCCCC/C=C\C/C=C\C/C=C\CC)OC(=O)CCCCCCC/C=C\CCCCCCC. The second-order valence-corrected chi connectivity index (χ2v) is 18.4. The van der Waals surface area contributed by atoms with Gasteiger partial charge in [-0.1, -0.05) is 221 Å². The Hall–Kier alpha value is -3.67. The van der Waals surface area contributed by atoms with Crippen molar-refractivity contribution in [3.8, 4) is 0 Å². The molecule has 68 heavy (non-hydrogen) atoms. The number of unbranched alkanes of at least 4 members (excludes halogenated alkanes) is 23. The zero-order chi connectivity index (χ0) is 49.3. The second-order valence-electron chi connectivity index (χ2n) is 18.4. The van der Waals surface area contributed by atoms with Crippen LogP contribution in [-0.4, -0.2) is 37.2 Å². The van der Waals surface area contributed by atoms with E-state index in [1.807, 2.05) is 0 Å². The molecule has 0 aromatic carbocycles. The summed E-state index contributed by atoms with van der Waals surface area (Å²) in [5.74, 6) is -0.934. The molecule has 1 atom stereocenters. The van der Waals surface area contributed by atoms with Crippen molar-refractivity contribution in [1.29, 1.82) is 0 Å². The summed E-state index contributed by atoms with van der Waals surface area (Å²) in [6.07, 6.45) is 74.0. The first-order valence-electron chi connectivity index (χ1n) is 28.2. The van der Waals surface area contributed by atoms with Crippen molar-refractivity contribution in [2.75, 3.05) is 13.2 Å². The Balaban J connectivity index is 4.36. The average molecular weight is 946 g/mol. The van der Waals surface area contributed by atoms with Crippen LogP contribution in [0.25, 0.3) is 0 Å². The monoisotopic (exact) mass is 945 g/mol. The normalized spacial score (nSPS) is 12.8. The molecule has 0 spiro atoms. The third-order valence-corrected chi connectivity index (χ3v) is 11.8. The van der Waals surface area contributed by atoms with Crippen LogP contribution >= 0.6 is 0 Å². The van der Waals surface area contributed by atoms with E-state index in [-0.39, 0.29) is 31.1 Å². The third kappa shape index (κ3) is 53.3. The maximum atomic E-state index is 12.8. The largest absolute Gasteiger partial charge is 0.462 e. The van der Waals surface area contributed by atoms with Crippen LogP contribution in [0.15, 0.2) is 97.2 Å². The Morgan fingerprint density at radius 3 is 0.926 bits per heavy atom. The zero-order valence-electron chi connectivity index (χ0n) is 44.3. The van der Waals surface area contributed by atoms with E-state index in [0.29, 0.717) is 19.3 Å². The second kappa shape index (κ2) is 55.9. The van der Waals surface area contributed by atoms with Crippen LogP contribution in [0, 0.1) is 0 Å². The molecule has 1 unspecified atom stereocenters. The lowest BCUT2D eigenvalue weighted by Gasteiger charge is -2.18. The van der Waals surface area contributed by atoms with Gasteiger partial charge in [-0.15, -0.1) is 0 Å². The molecule has 0 fully saturated rings. The fourth-order valence-corrected chi connectivity index (χ4v) is 7.62. The number of hydrogen-bond donors (Lipinski definition) is 0. The highest BCUT2D eigenvalue weighted by molar-refractivity contribution is 5.71. The van der Waals surface area contributed by atoms with E-state index in [4.69, 9.17) is 14.2 Å². The molecule has 0 bridgehead atoms. The van der Waals surface area contributed by atoms with Gasteiger partial charge in [-0.25, -0.2) is 0 Å². The Bertz CT molecular complexity index is 1360. The molecule has 0 saturated carbocycles. The van der Waals surface area contributed by atoms with Gasteiger partial charge in [-0.3, -0.25) is 14.4 Å². The van der Waals surface area contributed by atoms with Crippen molar-refractivity contribution in [1.82, 2.24) is 0 Å². The molecule has 0 heterocycles. The number of carbonyl (C=O) groups excluding carboxylic acids is 3. The minimum Gasteiger partial charge on any atom is -0.462 e. The highest BCUT2D eigenvalue weighted by Gasteiger charge is 2.19. The van der Waals surface area contributed by atoms with Gasteiger partial charge in [-0.2, -0.15) is 0 Å². The van der Waals surface area contributed by atoms with Gasteiger partial charge in [0.25, 0.3) is 0 Å². The van der Waals surface area contributed by atoms with Gasteiger partial charge >= 0.3 is 17.9 Å². The summed E-state index contributed by atoms with van der Waals surface area (Å²) < 4.78 is 16.8. The summed E-state index contributed by atoms with van der Waals surface area (Å²) in [6.45, 7) is 6.37. The molecule has 0 N–H and O–H groups in total. The minimum atomic E-state index is -0.796. The van der Waals surface area contributed by atoms with Gasteiger partial charge in [-0.05, 0) is 116 Å². The van der Waals surface area contributed by atoms with Crippen LogP contribution in [0.1, 0.15) is 258 Å². The number of ether oxygens (including phenoxy) is 3. The molecule has 0 rings (SSSR count). The molecule has 0 aliphatic heterocycles. The lowest BCUT2D eigenvalue weighted by molar-refractivity contribution is -0.167. The molecule has 0 saturated heterocycles. The van der Waals surface area contributed by atoms with Gasteiger partial charge in [0.2, 0.25) is 0 Å². The van der Waals surface area contributed by atoms with Crippen molar-refractivity contribution in [2.45, 2.75) is 264 Å². The van der Waals surface area contributed by atoms with Gasteiger partial charge in [0.1, 0.15) is 13.2 Å². The molecule has 388 valence electrons. The smallest absolute Gasteiger partial charge is 0.306 e. The first kappa shape index (κ1) is 64.3. The Morgan fingerprint density at radius 1 is 0.309 bits per heavy atom. The molecule has 0 aliphatic rings. The molecule has 6 nitrogen and oxygen atoms in total. The molecule has 0 aromatic heterocycles. The Morgan fingerprint density at radius 2 is 0.574 bits per heavy atom. The van der Waals surface area contributed by atoms with Gasteiger partial charge in [0.15, 0.2) is 6.10 Å². The van der Waals surface area contributed by atoms with Crippen LogP contribution in [0.4, 0.5) is 0 Å². The average Bonchev–Trinajstić information content (AvgIpc) is 3.34. The summed E-state index contributed by atoms with van der Waals surface area (Å²) in [6, 6.07) is 0. The lowest BCUT2D eigenvalue weighted by atomic mass is 10.1. The highest BCUT2D eigenvalue weighted by atomic mass is 16.6. The predicted octanol–water partition coefficient (Wildman–Crippen LogP) is 18.9. The fraction of sp³-hybridized carbons (Fsp3) is 0.694. The quantitative estimate of drug-likeness (QED) is 0.0262. The zero-order valence-corrected chi connectivity index (χ0v) is 44.3. The lowest BCUT2D eigenvalue weighted by Crippen LogP contribution is -2.30. The van der Waals surface area contributed by atoms with Crippen molar-refractivity contribution in [3.05, 3.63) is 97.2 Å². The van der Waals surface area contributed by atoms with Crippen LogP contribution < -0.4 is 0 Å². The standard InChI is InChI=1S/C62H104O6/c1-4-7-10-13-16-19-22-25-27-28-29-30-31-32-33-34-35-38-40-43-46-49-52-55-61(64)67-58-59(57-66-60(63)54-51-48-45-42-39-36-24-21-18-15-12-9-6-3)68-62(65)56-53-50-47-44-41-37-26-23-20-17-14-11-8-5-2/h7,9-10,12,16,18-19,21,23,25-27,29-30,36,39,59H,4-6,8,11,13-15,17,20,22,24,28,31-35,37-38,40-58H2,1-3H3/b10-7-,12-9-,19-16-,21-18-,26-23-,27-25-,30-29-,39-36-. The molecule has 0 aliphatic carbocycles. The molecular formula is C62H104O6. The summed E-state index contributed by atoms with van der Waals surface area (Å²) in [5.41, 5.74) is 0. The van der Waals surface area contributed by atoms with E-state index < -0.39 is 6.10 Å². The van der Waals surface area contributed by atoms with E-state index in [1.165, 1.54) is 96.3 Å². The van der Waals surface area contributed by atoms with Crippen molar-refractivity contribution < 1.29 is 28.6 Å². The van der Waals surface area contributed by atoms with Crippen LogP contribution in [0.5, 0.6) is 0 Å². The van der Waals surface area contributed by atoms with Crippen LogP contribution in [-0.2, 0) is 28.6 Å². The van der Waals surface area contributed by atoms with Crippen LogP contribution in [0.2, 0.25) is 0 Å². The summed E-state index contributed by atoms with van der Waals surface area (Å²) in [7, 11) is 0. The molecule has 6 heteroatoms. The third-order valence-electron chi connectivity index (χ3n) is 11.8. The topological polar surface area (TPSA) is 78.9 Å². The molecule has 0 amide bonds. The first-order chi connectivity index (χ1) is 33.5. The number of allylic oxidation sites excluding steroid dienone is 16.